The quantitative estimate of drug-likeness (QED) is 0.859. The van der Waals surface area contributed by atoms with Crippen LogP contribution in [0.15, 0.2) is 24.4 Å². The average Bonchev–Trinajstić information content (AvgIpc) is 3.17. The van der Waals surface area contributed by atoms with Crippen LogP contribution in [0, 0.1) is 0 Å². The third-order valence-corrected chi connectivity index (χ3v) is 4.83. The van der Waals surface area contributed by atoms with Crippen LogP contribution in [0.5, 0.6) is 11.5 Å². The van der Waals surface area contributed by atoms with Gasteiger partial charge in [-0.05, 0) is 0 Å². The van der Waals surface area contributed by atoms with Crippen LogP contribution in [-0.4, -0.2) is 61.4 Å². The molecule has 0 bridgehead atoms. The number of nitrogens with zero attached hydrogens (tertiary/aromatic N) is 4. The van der Waals surface area contributed by atoms with Gasteiger partial charge in [0, 0.05) is 48.7 Å². The molecule has 0 radical (unpaired) electrons. The normalized spacial score (nSPS) is 15.9. The fourth-order valence-corrected chi connectivity index (χ4v) is 3.28. The van der Waals surface area contributed by atoms with Crippen LogP contribution >= 0.6 is 0 Å². The maximum Gasteiger partial charge on any atom is 0.322 e. The van der Waals surface area contributed by atoms with E-state index in [2.05, 4.69) is 20.2 Å². The molecule has 9 nitrogen and oxygen atoms in total. The van der Waals surface area contributed by atoms with E-state index >= 15 is 0 Å². The van der Waals surface area contributed by atoms with Crippen molar-refractivity contribution in [1.82, 2.24) is 14.9 Å². The second-order valence-corrected chi connectivity index (χ2v) is 6.63. The molecule has 1 saturated heterocycles. The topological polar surface area (TPSA) is 89.1 Å². The summed E-state index contributed by atoms with van der Waals surface area (Å²) in [6.45, 7) is 3.84. The van der Waals surface area contributed by atoms with E-state index in [1.54, 1.807) is 37.3 Å². The molecule has 148 valence electrons. The second kappa shape index (κ2) is 7.89. The Kier molecular flexibility index (Phi) is 5.16. The number of hydrogen-bond acceptors (Lipinski definition) is 7. The summed E-state index contributed by atoms with van der Waals surface area (Å²) >= 11 is 0. The van der Waals surface area contributed by atoms with Crippen LogP contribution in [0.1, 0.15) is 11.3 Å². The molecule has 0 unspecified atom stereocenters. The fourth-order valence-electron chi connectivity index (χ4n) is 3.28. The van der Waals surface area contributed by atoms with Gasteiger partial charge in [-0.15, -0.1) is 0 Å². The number of methoxy groups -OCH3 is 2. The van der Waals surface area contributed by atoms with Crippen LogP contribution in [-0.2, 0) is 17.8 Å². The zero-order valence-electron chi connectivity index (χ0n) is 16.0. The molecule has 4 rings (SSSR count). The van der Waals surface area contributed by atoms with Crippen LogP contribution in [0.25, 0.3) is 0 Å². The molecule has 2 aliphatic heterocycles. The SMILES string of the molecule is COc1cc(NC(=O)N2Cc3cnc(N4CCOCC4)nc3C2)cc(OC)c1. The van der Waals surface area contributed by atoms with Gasteiger partial charge in [0.2, 0.25) is 5.95 Å². The Hall–Kier alpha value is -3.07. The molecule has 28 heavy (non-hydrogen) atoms. The molecule has 1 fully saturated rings. The Morgan fingerprint density at radius 3 is 2.50 bits per heavy atom. The van der Waals surface area contributed by atoms with Crippen LogP contribution in [0.2, 0.25) is 0 Å². The van der Waals surface area contributed by atoms with Gasteiger partial charge in [-0.1, -0.05) is 0 Å². The number of rotatable bonds is 4. The first-order valence-electron chi connectivity index (χ1n) is 9.13. The molecular weight excluding hydrogens is 362 g/mol. The lowest BCUT2D eigenvalue weighted by molar-refractivity contribution is 0.122. The van der Waals surface area contributed by atoms with Gasteiger partial charge in [-0.25, -0.2) is 14.8 Å². The molecule has 0 aliphatic carbocycles. The first-order valence-corrected chi connectivity index (χ1v) is 9.13. The van der Waals surface area contributed by atoms with Crippen LogP contribution in [0.3, 0.4) is 0 Å². The molecule has 1 aromatic carbocycles. The van der Waals surface area contributed by atoms with Crippen molar-refractivity contribution in [3.8, 4) is 11.5 Å². The minimum Gasteiger partial charge on any atom is -0.497 e. The summed E-state index contributed by atoms with van der Waals surface area (Å²) in [7, 11) is 3.14. The van der Waals surface area contributed by atoms with Gasteiger partial charge in [0.1, 0.15) is 11.5 Å². The van der Waals surface area contributed by atoms with E-state index in [0.29, 0.717) is 49.4 Å². The van der Waals surface area contributed by atoms with Crippen molar-refractivity contribution in [2.75, 3.05) is 50.7 Å². The van der Waals surface area contributed by atoms with E-state index in [0.717, 1.165) is 24.3 Å². The van der Waals surface area contributed by atoms with Crippen molar-refractivity contribution >= 4 is 17.7 Å². The van der Waals surface area contributed by atoms with Gasteiger partial charge in [0.25, 0.3) is 0 Å². The third kappa shape index (κ3) is 3.79. The molecule has 3 heterocycles. The van der Waals surface area contributed by atoms with Crippen molar-refractivity contribution in [1.29, 1.82) is 0 Å². The number of morpholine rings is 1. The predicted molar refractivity (Wildman–Crippen MR) is 103 cm³/mol. The van der Waals surface area contributed by atoms with Crippen LogP contribution < -0.4 is 19.7 Å². The van der Waals surface area contributed by atoms with Gasteiger partial charge in [-0.3, -0.25) is 0 Å². The lowest BCUT2D eigenvalue weighted by Crippen LogP contribution is -2.37. The van der Waals surface area contributed by atoms with E-state index in [9.17, 15) is 4.79 Å². The first kappa shape index (κ1) is 18.3. The number of nitrogens with one attached hydrogen (secondary N) is 1. The highest BCUT2D eigenvalue weighted by molar-refractivity contribution is 5.90. The zero-order chi connectivity index (χ0) is 19.5. The number of carbonyl (C=O) groups excluding carboxylic acids is 1. The number of anilines is 2. The number of fused-ring (bicyclic) bond motifs is 1. The summed E-state index contributed by atoms with van der Waals surface area (Å²) in [5.41, 5.74) is 2.46. The van der Waals surface area contributed by atoms with E-state index in [-0.39, 0.29) is 6.03 Å². The Labute approximate surface area is 163 Å². The van der Waals surface area contributed by atoms with E-state index in [1.807, 2.05) is 6.20 Å². The largest absolute Gasteiger partial charge is 0.497 e. The number of ether oxygens (including phenoxy) is 3. The number of carbonyl (C=O) groups is 1. The van der Waals surface area contributed by atoms with E-state index < -0.39 is 0 Å². The van der Waals surface area contributed by atoms with E-state index in [4.69, 9.17) is 14.2 Å². The lowest BCUT2D eigenvalue weighted by atomic mass is 10.3. The Bertz CT molecular complexity index is 847. The highest BCUT2D eigenvalue weighted by atomic mass is 16.5. The molecule has 0 atom stereocenters. The molecule has 9 heteroatoms. The summed E-state index contributed by atoms with van der Waals surface area (Å²) in [6, 6.07) is 5.05. The monoisotopic (exact) mass is 385 g/mol. The summed E-state index contributed by atoms with van der Waals surface area (Å²) in [5, 5.41) is 2.90. The molecule has 1 aromatic heterocycles. The Morgan fingerprint density at radius 1 is 1.11 bits per heavy atom. The van der Waals surface area contributed by atoms with Crippen molar-refractivity contribution in [2.45, 2.75) is 13.1 Å². The van der Waals surface area contributed by atoms with Crippen molar-refractivity contribution in [2.24, 2.45) is 0 Å². The zero-order valence-corrected chi connectivity index (χ0v) is 16.0. The minimum absolute atomic E-state index is 0.207. The second-order valence-electron chi connectivity index (χ2n) is 6.63. The summed E-state index contributed by atoms with van der Waals surface area (Å²) < 4.78 is 15.9. The summed E-state index contributed by atoms with van der Waals surface area (Å²) in [5.74, 6) is 1.92. The number of aromatic nitrogens is 2. The van der Waals surface area contributed by atoms with E-state index in [1.165, 1.54) is 0 Å². The minimum atomic E-state index is -0.207. The molecule has 1 N–H and O–H groups in total. The van der Waals surface area contributed by atoms with Crippen molar-refractivity contribution < 1.29 is 19.0 Å². The highest BCUT2D eigenvalue weighted by Gasteiger charge is 2.26. The number of hydrogen-bond donors (Lipinski definition) is 1. The standard InChI is InChI=1S/C19H23N5O4/c1-26-15-7-14(8-16(9-15)27-2)21-19(25)24-11-13-10-20-18(22-17(13)12-24)23-3-5-28-6-4-23/h7-10H,3-6,11-12H2,1-2H3,(H,21,25). The predicted octanol–water partition coefficient (Wildman–Crippen LogP) is 1.88. The lowest BCUT2D eigenvalue weighted by Gasteiger charge is -2.26. The third-order valence-electron chi connectivity index (χ3n) is 4.83. The van der Waals surface area contributed by atoms with Crippen molar-refractivity contribution in [3.63, 3.8) is 0 Å². The Balaban J connectivity index is 1.44. The molecule has 0 saturated carbocycles. The fraction of sp³-hybridized carbons (Fsp3) is 0.421. The number of benzene rings is 1. The summed E-state index contributed by atoms with van der Waals surface area (Å²) in [4.78, 5) is 25.7. The molecule has 2 amide bonds. The van der Waals surface area contributed by atoms with Gasteiger partial charge in [-0.2, -0.15) is 0 Å². The molecule has 2 aromatic rings. The number of amides is 2. The van der Waals surface area contributed by atoms with Crippen molar-refractivity contribution in [3.05, 3.63) is 35.7 Å². The first-order chi connectivity index (χ1) is 13.7. The highest BCUT2D eigenvalue weighted by Crippen LogP contribution is 2.27. The maximum atomic E-state index is 12.7. The molecule has 0 spiro atoms. The average molecular weight is 385 g/mol. The van der Waals surface area contributed by atoms with Crippen LogP contribution in [0.4, 0.5) is 16.4 Å². The van der Waals surface area contributed by atoms with Gasteiger partial charge in [0.15, 0.2) is 0 Å². The van der Waals surface area contributed by atoms with Gasteiger partial charge >= 0.3 is 6.03 Å². The smallest absolute Gasteiger partial charge is 0.322 e. The Morgan fingerprint density at radius 2 is 1.82 bits per heavy atom. The molecule has 2 aliphatic rings. The maximum absolute atomic E-state index is 12.7. The summed E-state index contributed by atoms with van der Waals surface area (Å²) in [6.07, 6.45) is 1.81. The number of urea groups is 1. The van der Waals surface area contributed by atoms with Gasteiger partial charge in [0.05, 0.1) is 46.2 Å². The van der Waals surface area contributed by atoms with Gasteiger partial charge < -0.3 is 29.3 Å². The molecular formula is C19H23N5O4.